The molecule has 0 aliphatic carbocycles. The maximum Gasteiger partial charge on any atom is 0.345 e. The van der Waals surface area contributed by atoms with E-state index in [9.17, 15) is 14.4 Å². The molecule has 0 fully saturated rings. The minimum Gasteiger partial charge on any atom is -0.481 e. The lowest BCUT2D eigenvalue weighted by atomic mass is 10.2. The fourth-order valence-electron chi connectivity index (χ4n) is 0.801. The zero-order chi connectivity index (χ0) is 12.7. The summed E-state index contributed by atoms with van der Waals surface area (Å²) in [4.78, 5) is 32.3. The summed E-state index contributed by atoms with van der Waals surface area (Å²) in [5.74, 6) is -4.46. The van der Waals surface area contributed by atoms with E-state index in [-0.39, 0.29) is 6.42 Å². The Bertz CT molecular complexity index is 277. The molecule has 2 unspecified atom stereocenters. The topological polar surface area (TPSA) is 101 Å². The Morgan fingerprint density at radius 2 is 1.81 bits per heavy atom. The zero-order valence-electron chi connectivity index (χ0n) is 9.00. The second-order valence-electron chi connectivity index (χ2n) is 3.11. The summed E-state index contributed by atoms with van der Waals surface area (Å²) in [5.41, 5.74) is 0. The van der Waals surface area contributed by atoms with Crippen LogP contribution in [0.4, 0.5) is 0 Å². The monoisotopic (exact) mass is 250 g/mol. The van der Waals surface area contributed by atoms with Gasteiger partial charge < -0.3 is 14.9 Å². The van der Waals surface area contributed by atoms with E-state index in [4.69, 9.17) is 10.2 Å². The van der Waals surface area contributed by atoms with Crippen molar-refractivity contribution in [2.75, 3.05) is 12.0 Å². The molecule has 92 valence electrons. The van der Waals surface area contributed by atoms with Gasteiger partial charge in [-0.2, -0.15) is 11.8 Å². The number of rotatable bonds is 7. The Morgan fingerprint density at radius 3 is 2.19 bits per heavy atom. The molecule has 0 aromatic carbocycles. The van der Waals surface area contributed by atoms with Gasteiger partial charge in [0, 0.05) is 6.42 Å². The van der Waals surface area contributed by atoms with Crippen LogP contribution in [0.2, 0.25) is 0 Å². The minimum atomic E-state index is -1.35. The third kappa shape index (κ3) is 5.01. The highest BCUT2D eigenvalue weighted by molar-refractivity contribution is 7.98. The van der Waals surface area contributed by atoms with Crippen LogP contribution in [0.3, 0.4) is 0 Å². The number of hydrogen-bond acceptors (Lipinski definition) is 5. The van der Waals surface area contributed by atoms with E-state index >= 15 is 0 Å². The number of ether oxygens (including phenoxy) is 1. The Kier molecular flexibility index (Phi) is 6.55. The molecule has 0 radical (unpaired) electrons. The van der Waals surface area contributed by atoms with Gasteiger partial charge in [-0.25, -0.2) is 4.79 Å². The first-order chi connectivity index (χ1) is 7.40. The Balaban J connectivity index is 4.34. The van der Waals surface area contributed by atoms with Crippen molar-refractivity contribution in [2.24, 2.45) is 5.92 Å². The molecule has 6 nitrogen and oxygen atoms in total. The number of esters is 1. The predicted molar refractivity (Wildman–Crippen MR) is 57.3 cm³/mol. The SMILES string of the molecule is CSCCC(OC(=O)C(C)C(=O)O)C(=O)O. The molecular weight excluding hydrogens is 236 g/mol. The number of carbonyl (C=O) groups is 3. The smallest absolute Gasteiger partial charge is 0.345 e. The van der Waals surface area contributed by atoms with Crippen LogP contribution in [-0.4, -0.2) is 46.2 Å². The molecule has 0 saturated carbocycles. The number of carboxylic acid groups (broad SMARTS) is 2. The van der Waals surface area contributed by atoms with Crippen LogP contribution in [0.15, 0.2) is 0 Å². The number of thioether (sulfide) groups is 1. The molecule has 2 atom stereocenters. The fourth-order valence-corrected chi connectivity index (χ4v) is 1.25. The average molecular weight is 250 g/mol. The molecule has 7 heteroatoms. The van der Waals surface area contributed by atoms with Crippen molar-refractivity contribution in [3.8, 4) is 0 Å². The standard InChI is InChI=1S/C9H14O6S/c1-5(7(10)11)9(14)15-6(8(12)13)3-4-16-2/h5-6H,3-4H2,1-2H3,(H,10,11)(H,12,13). The Morgan fingerprint density at radius 1 is 1.25 bits per heavy atom. The molecule has 0 aliphatic rings. The van der Waals surface area contributed by atoms with Gasteiger partial charge in [-0.15, -0.1) is 0 Å². The third-order valence-electron chi connectivity index (χ3n) is 1.84. The summed E-state index contributed by atoms with van der Waals surface area (Å²) in [7, 11) is 0. The highest BCUT2D eigenvalue weighted by Crippen LogP contribution is 2.08. The molecule has 0 spiro atoms. The zero-order valence-corrected chi connectivity index (χ0v) is 9.82. The predicted octanol–water partition coefficient (Wildman–Crippen LogP) is 0.457. The van der Waals surface area contributed by atoms with Crippen LogP contribution in [-0.2, 0) is 19.1 Å². The van der Waals surface area contributed by atoms with Crippen LogP contribution in [0.1, 0.15) is 13.3 Å². The molecule has 0 aromatic heterocycles. The van der Waals surface area contributed by atoms with Crippen LogP contribution >= 0.6 is 11.8 Å². The van der Waals surface area contributed by atoms with Crippen molar-refractivity contribution < 1.29 is 29.3 Å². The number of hydrogen-bond donors (Lipinski definition) is 2. The molecule has 0 aromatic rings. The molecule has 0 amide bonds. The summed E-state index contributed by atoms with van der Waals surface area (Å²) >= 11 is 1.42. The summed E-state index contributed by atoms with van der Waals surface area (Å²) in [6, 6.07) is 0. The first-order valence-electron chi connectivity index (χ1n) is 4.55. The Hall–Kier alpha value is -1.24. The molecule has 2 N–H and O–H groups in total. The summed E-state index contributed by atoms with van der Waals surface area (Å²) in [6.45, 7) is 1.15. The van der Waals surface area contributed by atoms with Gasteiger partial charge in [0.2, 0.25) is 0 Å². The van der Waals surface area contributed by atoms with Gasteiger partial charge in [-0.3, -0.25) is 9.59 Å². The molecule has 0 bridgehead atoms. The van der Waals surface area contributed by atoms with E-state index in [1.807, 2.05) is 0 Å². The van der Waals surface area contributed by atoms with Gasteiger partial charge in [-0.1, -0.05) is 0 Å². The number of carbonyl (C=O) groups excluding carboxylic acids is 1. The van der Waals surface area contributed by atoms with Crippen molar-refractivity contribution in [3.05, 3.63) is 0 Å². The molecule has 0 rings (SSSR count). The second kappa shape index (κ2) is 7.10. The van der Waals surface area contributed by atoms with Crippen LogP contribution in [0, 0.1) is 5.92 Å². The first kappa shape index (κ1) is 14.8. The normalized spacial score (nSPS) is 13.9. The maximum absolute atomic E-state index is 11.2. The average Bonchev–Trinajstić information content (AvgIpc) is 2.21. The molecule has 16 heavy (non-hydrogen) atoms. The summed E-state index contributed by atoms with van der Waals surface area (Å²) < 4.78 is 4.60. The minimum absolute atomic E-state index is 0.161. The lowest BCUT2D eigenvalue weighted by Gasteiger charge is -2.14. The van der Waals surface area contributed by atoms with E-state index < -0.39 is 29.9 Å². The molecule has 0 saturated heterocycles. The van der Waals surface area contributed by atoms with Gasteiger partial charge in [0.25, 0.3) is 0 Å². The van der Waals surface area contributed by atoms with E-state index in [1.54, 1.807) is 6.26 Å². The van der Waals surface area contributed by atoms with Crippen molar-refractivity contribution in [2.45, 2.75) is 19.4 Å². The van der Waals surface area contributed by atoms with Gasteiger partial charge in [-0.05, 0) is 18.9 Å². The largest absolute Gasteiger partial charge is 0.481 e. The lowest BCUT2D eigenvalue weighted by molar-refractivity contribution is -0.170. The van der Waals surface area contributed by atoms with Crippen molar-refractivity contribution in [3.63, 3.8) is 0 Å². The van der Waals surface area contributed by atoms with E-state index in [0.717, 1.165) is 6.92 Å². The highest BCUT2D eigenvalue weighted by Gasteiger charge is 2.28. The molecule has 0 heterocycles. The van der Waals surface area contributed by atoms with Crippen LogP contribution in [0.5, 0.6) is 0 Å². The fraction of sp³-hybridized carbons (Fsp3) is 0.667. The van der Waals surface area contributed by atoms with E-state index in [1.165, 1.54) is 11.8 Å². The van der Waals surface area contributed by atoms with Gasteiger partial charge in [0.1, 0.15) is 0 Å². The maximum atomic E-state index is 11.2. The van der Waals surface area contributed by atoms with Gasteiger partial charge in [0.05, 0.1) is 0 Å². The van der Waals surface area contributed by atoms with Crippen LogP contribution < -0.4 is 0 Å². The Labute approximate surface area is 97.0 Å². The van der Waals surface area contributed by atoms with Crippen molar-refractivity contribution in [1.82, 2.24) is 0 Å². The van der Waals surface area contributed by atoms with Gasteiger partial charge >= 0.3 is 17.9 Å². The first-order valence-corrected chi connectivity index (χ1v) is 5.94. The van der Waals surface area contributed by atoms with E-state index in [2.05, 4.69) is 4.74 Å². The number of aliphatic carboxylic acids is 2. The quantitative estimate of drug-likeness (QED) is 0.500. The van der Waals surface area contributed by atoms with Gasteiger partial charge in [0.15, 0.2) is 12.0 Å². The molecule has 0 aliphatic heterocycles. The second-order valence-corrected chi connectivity index (χ2v) is 4.09. The molecular formula is C9H14O6S. The van der Waals surface area contributed by atoms with Crippen molar-refractivity contribution in [1.29, 1.82) is 0 Å². The van der Waals surface area contributed by atoms with Crippen LogP contribution in [0.25, 0.3) is 0 Å². The van der Waals surface area contributed by atoms with Crippen molar-refractivity contribution >= 4 is 29.7 Å². The summed E-state index contributed by atoms with van der Waals surface area (Å²) in [6.07, 6.45) is 0.677. The van der Waals surface area contributed by atoms with E-state index in [0.29, 0.717) is 5.75 Å². The number of carboxylic acids is 2. The summed E-state index contributed by atoms with van der Waals surface area (Å²) in [5, 5.41) is 17.3. The highest BCUT2D eigenvalue weighted by atomic mass is 32.2. The lowest BCUT2D eigenvalue weighted by Crippen LogP contribution is -2.32. The third-order valence-corrected chi connectivity index (χ3v) is 2.49.